The van der Waals surface area contributed by atoms with Crippen molar-refractivity contribution in [3.8, 4) is 0 Å². The van der Waals surface area contributed by atoms with E-state index >= 15 is 0 Å². The Morgan fingerprint density at radius 2 is 1.68 bits per heavy atom. The van der Waals surface area contributed by atoms with E-state index in [4.69, 9.17) is 0 Å². The Morgan fingerprint density at radius 3 is 2.43 bits per heavy atom. The van der Waals surface area contributed by atoms with E-state index in [1.165, 1.54) is 24.4 Å². The molecule has 1 fully saturated rings. The molecule has 3 aromatic rings. The van der Waals surface area contributed by atoms with Crippen molar-refractivity contribution in [3.05, 3.63) is 66.1 Å². The van der Waals surface area contributed by atoms with Crippen LogP contribution in [0.4, 0.5) is 4.39 Å². The van der Waals surface area contributed by atoms with Crippen molar-refractivity contribution >= 4 is 26.6 Å². The lowest BCUT2D eigenvalue weighted by atomic mass is 10.2. The van der Waals surface area contributed by atoms with Crippen LogP contribution in [0.1, 0.15) is 18.4 Å². The van der Waals surface area contributed by atoms with Gasteiger partial charge in [0.2, 0.25) is 5.91 Å². The Bertz CT molecular complexity index is 1130. The van der Waals surface area contributed by atoms with E-state index in [1.54, 1.807) is 28.8 Å². The van der Waals surface area contributed by atoms with Crippen LogP contribution in [0.5, 0.6) is 0 Å². The van der Waals surface area contributed by atoms with Crippen LogP contribution in [0, 0.1) is 5.82 Å². The predicted octanol–water partition coefficient (Wildman–Crippen LogP) is 3.38. The van der Waals surface area contributed by atoms with Crippen molar-refractivity contribution in [2.75, 3.05) is 13.1 Å². The molecule has 0 aliphatic carbocycles. The lowest BCUT2D eigenvalue weighted by Gasteiger charge is -2.15. The molecule has 0 atom stereocenters. The Kier molecular flexibility index (Phi) is 4.93. The summed E-state index contributed by atoms with van der Waals surface area (Å²) < 4.78 is 41.8. The monoisotopic (exact) mass is 400 g/mol. The van der Waals surface area contributed by atoms with Gasteiger partial charge in [0.1, 0.15) is 12.4 Å². The predicted molar refractivity (Wildman–Crippen MR) is 105 cm³/mol. The fourth-order valence-electron chi connectivity index (χ4n) is 3.70. The highest BCUT2D eigenvalue weighted by molar-refractivity contribution is 7.90. The molecule has 28 heavy (non-hydrogen) atoms. The zero-order valence-electron chi connectivity index (χ0n) is 15.3. The zero-order valence-corrected chi connectivity index (χ0v) is 16.2. The average Bonchev–Trinajstić information content (AvgIpc) is 3.33. The molecule has 4 rings (SSSR count). The van der Waals surface area contributed by atoms with Crippen molar-refractivity contribution in [1.82, 2.24) is 9.47 Å². The molecule has 0 radical (unpaired) electrons. The number of halogens is 1. The lowest BCUT2D eigenvalue weighted by molar-refractivity contribution is -0.130. The number of nitrogens with zero attached hydrogens (tertiary/aromatic N) is 2. The summed E-state index contributed by atoms with van der Waals surface area (Å²) in [6.45, 7) is 1.59. The minimum Gasteiger partial charge on any atom is -0.341 e. The summed E-state index contributed by atoms with van der Waals surface area (Å²) in [5.41, 5.74) is 0.814. The molecular formula is C21H21FN2O3S. The van der Waals surface area contributed by atoms with Gasteiger partial charge < -0.3 is 9.47 Å². The molecule has 5 nitrogen and oxygen atoms in total. The number of hydrogen-bond donors (Lipinski definition) is 0. The molecule has 2 heterocycles. The largest absolute Gasteiger partial charge is 0.341 e. The number of fused-ring (bicyclic) bond motifs is 1. The molecule has 0 saturated carbocycles. The van der Waals surface area contributed by atoms with Crippen molar-refractivity contribution in [2.45, 2.75) is 30.0 Å². The molecule has 0 unspecified atom stereocenters. The molecule has 0 N–H and O–H groups in total. The fraction of sp³-hybridized carbons (Fsp3) is 0.286. The number of benzene rings is 2. The van der Waals surface area contributed by atoms with Gasteiger partial charge in [-0.2, -0.15) is 0 Å². The highest BCUT2D eigenvalue weighted by atomic mass is 32.2. The third kappa shape index (κ3) is 3.54. The number of hydrogen-bond acceptors (Lipinski definition) is 3. The first-order chi connectivity index (χ1) is 13.5. The third-order valence-electron chi connectivity index (χ3n) is 5.15. The van der Waals surface area contributed by atoms with Gasteiger partial charge in [-0.1, -0.05) is 36.4 Å². The Labute approximate surface area is 163 Å². The summed E-state index contributed by atoms with van der Waals surface area (Å²) in [7, 11) is -3.78. The molecule has 1 aliphatic heterocycles. The molecule has 1 aliphatic rings. The average molecular weight is 400 g/mol. The molecule has 7 heteroatoms. The Morgan fingerprint density at radius 1 is 1.00 bits per heavy atom. The summed E-state index contributed by atoms with van der Waals surface area (Å²) in [6.07, 6.45) is 3.51. The Balaban J connectivity index is 1.71. The van der Waals surface area contributed by atoms with Crippen LogP contribution in [-0.4, -0.2) is 36.9 Å². The highest BCUT2D eigenvalue weighted by Crippen LogP contribution is 2.28. The van der Waals surface area contributed by atoms with Crippen LogP contribution in [0.2, 0.25) is 0 Å². The van der Waals surface area contributed by atoms with E-state index in [0.717, 1.165) is 25.9 Å². The van der Waals surface area contributed by atoms with Gasteiger partial charge in [-0.15, -0.1) is 0 Å². The normalized spacial score (nSPS) is 14.7. The summed E-state index contributed by atoms with van der Waals surface area (Å²) >= 11 is 0. The maximum atomic E-state index is 14.0. The van der Waals surface area contributed by atoms with Gasteiger partial charge in [-0.05, 0) is 25.0 Å². The molecular weight excluding hydrogens is 379 g/mol. The van der Waals surface area contributed by atoms with E-state index in [-0.39, 0.29) is 22.9 Å². The van der Waals surface area contributed by atoms with Gasteiger partial charge in [0.25, 0.3) is 0 Å². The summed E-state index contributed by atoms with van der Waals surface area (Å²) in [6, 6.07) is 13.0. The van der Waals surface area contributed by atoms with Gasteiger partial charge >= 0.3 is 0 Å². The number of carbonyl (C=O) groups excluding carboxylic acids is 1. The molecule has 1 saturated heterocycles. The summed E-state index contributed by atoms with van der Waals surface area (Å²) in [4.78, 5) is 14.5. The second kappa shape index (κ2) is 7.39. The molecule has 0 spiro atoms. The van der Waals surface area contributed by atoms with Crippen LogP contribution in [0.3, 0.4) is 0 Å². The fourth-order valence-corrected chi connectivity index (χ4v) is 5.30. The number of likely N-dealkylation sites (tertiary alicyclic amines) is 1. The molecule has 146 valence electrons. The van der Waals surface area contributed by atoms with Crippen LogP contribution < -0.4 is 0 Å². The topological polar surface area (TPSA) is 59.4 Å². The number of sulfone groups is 1. The van der Waals surface area contributed by atoms with E-state index in [1.807, 2.05) is 11.0 Å². The molecule has 1 aromatic heterocycles. The Hall–Kier alpha value is -2.67. The maximum absolute atomic E-state index is 14.0. The standard InChI is InChI=1S/C21H21FN2O3S/c22-18-9-3-1-7-16(18)15-28(26,27)20-13-24(19-10-4-2-8-17(19)20)14-21(25)23-11-5-6-12-23/h1-4,7-10,13H,5-6,11-12,14-15H2. The SMILES string of the molecule is O=C(Cn1cc(S(=O)(=O)Cc2ccccc2F)c2ccccc21)N1CCCC1. The van der Waals surface area contributed by atoms with Gasteiger partial charge in [0.15, 0.2) is 9.84 Å². The number of para-hydroxylation sites is 1. The van der Waals surface area contributed by atoms with Crippen LogP contribution in [0.15, 0.2) is 59.6 Å². The van der Waals surface area contributed by atoms with Crippen LogP contribution >= 0.6 is 0 Å². The first-order valence-corrected chi connectivity index (χ1v) is 10.9. The minimum absolute atomic E-state index is 0.0173. The zero-order chi connectivity index (χ0) is 19.7. The second-order valence-electron chi connectivity index (χ2n) is 7.08. The van der Waals surface area contributed by atoms with Gasteiger partial charge in [0, 0.05) is 35.8 Å². The van der Waals surface area contributed by atoms with Crippen LogP contribution in [0.25, 0.3) is 10.9 Å². The highest BCUT2D eigenvalue weighted by Gasteiger charge is 2.25. The molecule has 0 bridgehead atoms. The first-order valence-electron chi connectivity index (χ1n) is 9.27. The smallest absolute Gasteiger partial charge is 0.242 e. The maximum Gasteiger partial charge on any atom is 0.242 e. The minimum atomic E-state index is -3.78. The van der Waals surface area contributed by atoms with Gasteiger partial charge in [0.05, 0.1) is 10.6 Å². The number of amides is 1. The number of aromatic nitrogens is 1. The van der Waals surface area contributed by atoms with Crippen molar-refractivity contribution in [1.29, 1.82) is 0 Å². The van der Waals surface area contributed by atoms with Gasteiger partial charge in [-0.3, -0.25) is 4.79 Å². The lowest BCUT2D eigenvalue weighted by Crippen LogP contribution is -2.30. The van der Waals surface area contributed by atoms with Gasteiger partial charge in [-0.25, -0.2) is 12.8 Å². The number of rotatable bonds is 5. The molecule has 1 amide bonds. The van der Waals surface area contributed by atoms with Crippen molar-refractivity contribution in [3.63, 3.8) is 0 Å². The third-order valence-corrected chi connectivity index (χ3v) is 6.84. The van der Waals surface area contributed by atoms with E-state index in [9.17, 15) is 17.6 Å². The summed E-state index contributed by atoms with van der Waals surface area (Å²) in [5, 5.41) is 0.549. The quantitative estimate of drug-likeness (QED) is 0.660. The van der Waals surface area contributed by atoms with E-state index in [0.29, 0.717) is 10.9 Å². The summed E-state index contributed by atoms with van der Waals surface area (Å²) in [5.74, 6) is -0.983. The van der Waals surface area contributed by atoms with E-state index < -0.39 is 21.4 Å². The second-order valence-corrected chi connectivity index (χ2v) is 9.03. The first kappa shape index (κ1) is 18.7. The van der Waals surface area contributed by atoms with Crippen molar-refractivity contribution < 1.29 is 17.6 Å². The number of carbonyl (C=O) groups is 1. The van der Waals surface area contributed by atoms with Crippen LogP contribution in [-0.2, 0) is 26.9 Å². The van der Waals surface area contributed by atoms with Crippen molar-refractivity contribution in [2.24, 2.45) is 0 Å². The van der Waals surface area contributed by atoms with E-state index in [2.05, 4.69) is 0 Å². The molecule has 2 aromatic carbocycles.